The second kappa shape index (κ2) is 10.8. The van der Waals surface area contributed by atoms with Gasteiger partial charge in [0, 0.05) is 17.6 Å². The molecule has 0 aliphatic carbocycles. The van der Waals surface area contributed by atoms with Gasteiger partial charge in [-0.05, 0) is 24.5 Å². The molecule has 0 aromatic heterocycles. The molecular weight excluding hydrogens is 348 g/mol. The summed E-state index contributed by atoms with van der Waals surface area (Å²) in [6.07, 6.45) is 1.99. The number of hydrogen-bond donors (Lipinski definition) is 2. The van der Waals surface area contributed by atoms with Gasteiger partial charge < -0.3 is 15.8 Å². The van der Waals surface area contributed by atoms with Gasteiger partial charge in [-0.15, -0.1) is 12.4 Å². The summed E-state index contributed by atoms with van der Waals surface area (Å²) in [5.41, 5.74) is 8.01. The molecule has 2 aromatic carbocycles. The van der Waals surface area contributed by atoms with Crippen LogP contribution in [-0.4, -0.2) is 24.6 Å². The average molecular weight is 377 g/mol. The first kappa shape index (κ1) is 22.0. The van der Waals surface area contributed by atoms with Crippen LogP contribution < -0.4 is 15.8 Å². The molecule has 0 aliphatic heterocycles. The quantitative estimate of drug-likeness (QED) is 0.690. The predicted molar refractivity (Wildman–Crippen MR) is 110 cm³/mol. The van der Waals surface area contributed by atoms with E-state index < -0.39 is 0 Å². The summed E-state index contributed by atoms with van der Waals surface area (Å²) < 4.78 is 5.85. The average Bonchev–Trinajstić information content (AvgIpc) is 2.67. The summed E-state index contributed by atoms with van der Waals surface area (Å²) in [5.74, 6) is 0.755. The molecule has 0 unspecified atom stereocenters. The maximum atomic E-state index is 12.0. The van der Waals surface area contributed by atoms with Crippen molar-refractivity contribution in [2.45, 2.75) is 38.6 Å². The zero-order valence-corrected chi connectivity index (χ0v) is 16.4. The van der Waals surface area contributed by atoms with Crippen molar-refractivity contribution in [1.82, 2.24) is 5.32 Å². The third kappa shape index (κ3) is 6.36. The zero-order chi connectivity index (χ0) is 18.1. The Bertz CT molecular complexity index is 673. The van der Waals surface area contributed by atoms with Gasteiger partial charge in [-0.25, -0.2) is 0 Å². The summed E-state index contributed by atoms with van der Waals surface area (Å²) in [6, 6.07) is 18.0. The molecule has 0 aliphatic rings. The maximum absolute atomic E-state index is 12.0. The van der Waals surface area contributed by atoms with Gasteiger partial charge in [-0.2, -0.15) is 0 Å². The van der Waals surface area contributed by atoms with E-state index in [9.17, 15) is 4.79 Å². The number of amides is 1. The first-order valence-electron chi connectivity index (χ1n) is 8.91. The molecule has 0 atom stereocenters. The van der Waals surface area contributed by atoms with Crippen LogP contribution in [0.4, 0.5) is 0 Å². The Hall–Kier alpha value is -2.04. The molecule has 142 valence electrons. The topological polar surface area (TPSA) is 64.3 Å². The van der Waals surface area contributed by atoms with E-state index in [4.69, 9.17) is 10.5 Å². The van der Waals surface area contributed by atoms with Crippen molar-refractivity contribution in [1.29, 1.82) is 0 Å². The van der Waals surface area contributed by atoms with Crippen LogP contribution in [0.1, 0.15) is 33.1 Å². The number of nitrogens with two attached hydrogens (primary N) is 1. The van der Waals surface area contributed by atoms with Crippen LogP contribution in [0.5, 0.6) is 5.75 Å². The maximum Gasteiger partial charge on any atom is 0.223 e. The summed E-state index contributed by atoms with van der Waals surface area (Å²) in [5, 5.41) is 2.91. The fraction of sp³-hybridized carbons (Fsp3) is 0.381. The van der Waals surface area contributed by atoms with Crippen molar-refractivity contribution in [3.8, 4) is 16.9 Å². The third-order valence-electron chi connectivity index (χ3n) is 4.60. The molecule has 2 rings (SSSR count). The molecule has 1 amide bonds. The number of rotatable bonds is 9. The molecule has 5 heteroatoms. The van der Waals surface area contributed by atoms with Crippen molar-refractivity contribution in [2.75, 3.05) is 13.2 Å². The van der Waals surface area contributed by atoms with E-state index in [0.717, 1.165) is 29.7 Å². The van der Waals surface area contributed by atoms with E-state index in [1.807, 2.05) is 68.4 Å². The van der Waals surface area contributed by atoms with Gasteiger partial charge in [0.15, 0.2) is 0 Å². The van der Waals surface area contributed by atoms with Gasteiger partial charge in [-0.3, -0.25) is 4.79 Å². The molecule has 0 bridgehead atoms. The minimum absolute atomic E-state index is 0. The molecule has 4 nitrogen and oxygen atoms in total. The summed E-state index contributed by atoms with van der Waals surface area (Å²) in [6.45, 7) is 4.92. The van der Waals surface area contributed by atoms with Crippen molar-refractivity contribution in [3.05, 3.63) is 54.6 Å². The number of benzene rings is 2. The van der Waals surface area contributed by atoms with E-state index in [-0.39, 0.29) is 23.9 Å². The number of nitrogens with one attached hydrogen (secondary N) is 1. The van der Waals surface area contributed by atoms with Gasteiger partial charge in [-0.1, -0.05) is 62.4 Å². The van der Waals surface area contributed by atoms with Crippen LogP contribution in [0, 0.1) is 0 Å². The Morgan fingerprint density at radius 3 is 2.31 bits per heavy atom. The number of halogens is 1. The molecule has 2 aromatic rings. The van der Waals surface area contributed by atoms with E-state index in [0.29, 0.717) is 19.6 Å². The zero-order valence-electron chi connectivity index (χ0n) is 15.5. The first-order chi connectivity index (χ1) is 12.1. The van der Waals surface area contributed by atoms with Crippen LogP contribution in [0.3, 0.4) is 0 Å². The lowest BCUT2D eigenvalue weighted by atomic mass is 9.94. The molecule has 0 heterocycles. The van der Waals surface area contributed by atoms with E-state index in [1.54, 1.807) is 0 Å². The van der Waals surface area contributed by atoms with E-state index >= 15 is 0 Å². The lowest BCUT2D eigenvalue weighted by Gasteiger charge is -2.26. The van der Waals surface area contributed by atoms with Gasteiger partial charge in [0.1, 0.15) is 5.75 Å². The van der Waals surface area contributed by atoms with Crippen molar-refractivity contribution >= 4 is 18.3 Å². The van der Waals surface area contributed by atoms with Gasteiger partial charge in [0.2, 0.25) is 5.91 Å². The second-order valence-electron chi connectivity index (χ2n) is 6.31. The lowest BCUT2D eigenvalue weighted by molar-refractivity contribution is -0.121. The van der Waals surface area contributed by atoms with Crippen LogP contribution in [0.15, 0.2) is 54.6 Å². The Morgan fingerprint density at radius 2 is 1.65 bits per heavy atom. The van der Waals surface area contributed by atoms with Crippen LogP contribution in [0.25, 0.3) is 11.1 Å². The normalized spacial score (nSPS) is 10.7. The summed E-state index contributed by atoms with van der Waals surface area (Å²) >= 11 is 0. The lowest BCUT2D eigenvalue weighted by Crippen LogP contribution is -2.49. The summed E-state index contributed by atoms with van der Waals surface area (Å²) in [4.78, 5) is 12.0. The minimum Gasteiger partial charge on any atom is -0.492 e. The van der Waals surface area contributed by atoms with Crippen LogP contribution in [0.2, 0.25) is 0 Å². The van der Waals surface area contributed by atoms with Gasteiger partial charge in [0.25, 0.3) is 0 Å². The highest BCUT2D eigenvalue weighted by atomic mass is 35.5. The highest BCUT2D eigenvalue weighted by Crippen LogP contribution is 2.29. The Kier molecular flexibility index (Phi) is 9.17. The smallest absolute Gasteiger partial charge is 0.223 e. The highest BCUT2D eigenvalue weighted by Gasteiger charge is 2.20. The van der Waals surface area contributed by atoms with Crippen molar-refractivity contribution < 1.29 is 9.53 Å². The minimum atomic E-state index is -0.323. The number of para-hydroxylation sites is 1. The highest BCUT2D eigenvalue weighted by molar-refractivity contribution is 5.85. The fourth-order valence-corrected chi connectivity index (χ4v) is 2.57. The molecule has 0 saturated heterocycles. The predicted octanol–water partition coefficient (Wildman–Crippen LogP) is 4.18. The molecule has 3 N–H and O–H groups in total. The van der Waals surface area contributed by atoms with Crippen molar-refractivity contribution in [2.24, 2.45) is 5.73 Å². The Morgan fingerprint density at radius 1 is 1.04 bits per heavy atom. The van der Waals surface area contributed by atoms with Gasteiger partial charge in [0.05, 0.1) is 13.0 Å². The number of carbonyl (C=O) groups is 1. The molecule has 26 heavy (non-hydrogen) atoms. The first-order valence-corrected chi connectivity index (χ1v) is 8.91. The van der Waals surface area contributed by atoms with E-state index in [1.165, 1.54) is 0 Å². The molecule has 0 fully saturated rings. The van der Waals surface area contributed by atoms with Crippen LogP contribution >= 0.6 is 12.4 Å². The third-order valence-corrected chi connectivity index (χ3v) is 4.60. The Balaban J connectivity index is 0.00000338. The molecule has 0 spiro atoms. The molecule has 0 radical (unpaired) electrons. The number of hydrogen-bond acceptors (Lipinski definition) is 3. The second-order valence-corrected chi connectivity index (χ2v) is 6.31. The van der Waals surface area contributed by atoms with Gasteiger partial charge >= 0.3 is 0 Å². The SMILES string of the molecule is CCC(N)(CC)CNC(=O)CCOc1ccccc1-c1ccccc1.Cl. The van der Waals surface area contributed by atoms with E-state index in [2.05, 4.69) is 5.32 Å². The standard InChI is InChI=1S/C21H28N2O2.ClH/c1-3-21(22,4-2)16-23-20(24)14-15-25-19-13-9-8-12-18(19)17-10-6-5-7-11-17;/h5-13H,3-4,14-16,22H2,1-2H3,(H,23,24);1H. The number of ether oxygens (including phenoxy) is 1. The largest absolute Gasteiger partial charge is 0.492 e. The molecule has 0 saturated carbocycles. The Labute approximate surface area is 162 Å². The summed E-state index contributed by atoms with van der Waals surface area (Å²) in [7, 11) is 0. The van der Waals surface area contributed by atoms with Crippen LogP contribution in [-0.2, 0) is 4.79 Å². The number of carbonyl (C=O) groups excluding carboxylic acids is 1. The molecular formula is C21H29ClN2O2. The van der Waals surface area contributed by atoms with Crippen molar-refractivity contribution in [3.63, 3.8) is 0 Å². The fourth-order valence-electron chi connectivity index (χ4n) is 2.57. The monoisotopic (exact) mass is 376 g/mol.